The monoisotopic (exact) mass is 452 g/mol. The molecule has 0 saturated heterocycles. The summed E-state index contributed by atoms with van der Waals surface area (Å²) in [5.41, 5.74) is 0.631. The third-order valence-corrected chi connectivity index (χ3v) is 6.32. The number of aromatic nitrogens is 1. The molecule has 6 nitrogen and oxygen atoms in total. The van der Waals surface area contributed by atoms with Crippen LogP contribution in [0.3, 0.4) is 0 Å². The van der Waals surface area contributed by atoms with Gasteiger partial charge in [0.2, 0.25) is 5.91 Å². The zero-order valence-electron chi connectivity index (χ0n) is 15.7. The molecular formula is C20H18F2N2O4S2. The number of nitrogens with zero attached hydrogens (tertiary/aromatic N) is 1. The van der Waals surface area contributed by atoms with Gasteiger partial charge in [-0.15, -0.1) is 11.3 Å². The molecule has 0 fully saturated rings. The van der Waals surface area contributed by atoms with Crippen LogP contribution in [0.1, 0.15) is 17.1 Å². The number of sulfone groups is 1. The van der Waals surface area contributed by atoms with E-state index in [9.17, 15) is 22.0 Å². The van der Waals surface area contributed by atoms with Crippen LogP contribution < -0.4 is 10.1 Å². The van der Waals surface area contributed by atoms with Crippen molar-refractivity contribution in [1.29, 1.82) is 0 Å². The van der Waals surface area contributed by atoms with Crippen molar-refractivity contribution in [2.75, 3.05) is 11.1 Å². The number of thiazole rings is 1. The van der Waals surface area contributed by atoms with Crippen LogP contribution in [0.5, 0.6) is 5.75 Å². The molecule has 0 unspecified atom stereocenters. The zero-order chi connectivity index (χ0) is 21.6. The number of halogens is 2. The number of carbonyl (C=O) groups is 1. The van der Waals surface area contributed by atoms with Gasteiger partial charge in [0.15, 0.2) is 9.84 Å². The molecular weight excluding hydrogens is 434 g/mol. The minimum atomic E-state index is -3.56. The van der Waals surface area contributed by atoms with E-state index in [1.54, 1.807) is 5.38 Å². The normalized spacial score (nSPS) is 11.3. The van der Waals surface area contributed by atoms with E-state index >= 15 is 0 Å². The number of nitrogens with one attached hydrogen (secondary N) is 1. The van der Waals surface area contributed by atoms with Crippen LogP contribution in [-0.4, -0.2) is 25.1 Å². The maximum atomic E-state index is 13.1. The second kappa shape index (κ2) is 9.77. The summed E-state index contributed by atoms with van der Waals surface area (Å²) in [6.45, 7) is 0.131. The van der Waals surface area contributed by atoms with Gasteiger partial charge in [-0.3, -0.25) is 4.79 Å². The number of amides is 1. The van der Waals surface area contributed by atoms with Gasteiger partial charge in [0, 0.05) is 17.5 Å². The Morgan fingerprint density at radius 3 is 2.60 bits per heavy atom. The highest BCUT2D eigenvalue weighted by molar-refractivity contribution is 7.90. The number of rotatable bonds is 9. The summed E-state index contributed by atoms with van der Waals surface area (Å²) in [6, 6.07) is 10.9. The van der Waals surface area contributed by atoms with Gasteiger partial charge in [0.25, 0.3) is 0 Å². The fourth-order valence-electron chi connectivity index (χ4n) is 2.49. The average molecular weight is 453 g/mol. The molecule has 3 aromatic rings. The molecule has 3 rings (SSSR count). The molecule has 0 aliphatic carbocycles. The van der Waals surface area contributed by atoms with E-state index in [1.165, 1.54) is 53.8 Å². The lowest BCUT2D eigenvalue weighted by Gasteiger charge is -2.06. The summed E-state index contributed by atoms with van der Waals surface area (Å²) >= 11 is 1.25. The van der Waals surface area contributed by atoms with Crippen LogP contribution in [0, 0.1) is 11.6 Å². The van der Waals surface area contributed by atoms with Gasteiger partial charge in [0.1, 0.15) is 29.0 Å². The minimum absolute atomic E-state index is 0.131. The number of carbonyl (C=O) groups excluding carboxylic acids is 1. The molecule has 0 atom stereocenters. The summed E-state index contributed by atoms with van der Waals surface area (Å²) in [6.07, 6.45) is -0.247. The molecule has 1 amide bonds. The number of hydrogen-bond acceptors (Lipinski definition) is 6. The number of ether oxygens (including phenoxy) is 1. The highest BCUT2D eigenvalue weighted by Gasteiger charge is 2.17. The Morgan fingerprint density at radius 1 is 1.10 bits per heavy atom. The van der Waals surface area contributed by atoms with Crippen molar-refractivity contribution in [2.45, 2.75) is 18.8 Å². The van der Waals surface area contributed by atoms with Crippen LogP contribution in [-0.2, 0) is 27.0 Å². The van der Waals surface area contributed by atoms with Crippen LogP contribution in [0.4, 0.5) is 14.5 Å². The lowest BCUT2D eigenvalue weighted by molar-refractivity contribution is -0.115. The maximum Gasteiger partial charge on any atom is 0.225 e. The van der Waals surface area contributed by atoms with Crippen LogP contribution in [0.15, 0.2) is 53.9 Å². The Balaban J connectivity index is 1.47. The van der Waals surface area contributed by atoms with Crippen LogP contribution in [0.25, 0.3) is 0 Å². The third-order valence-electron chi connectivity index (χ3n) is 3.89. The van der Waals surface area contributed by atoms with Crippen molar-refractivity contribution in [3.63, 3.8) is 0 Å². The zero-order valence-corrected chi connectivity index (χ0v) is 17.3. The van der Waals surface area contributed by atoms with Crippen LogP contribution >= 0.6 is 11.3 Å². The fourth-order valence-corrected chi connectivity index (χ4v) is 4.54. The minimum Gasteiger partial charge on any atom is -0.486 e. The molecule has 2 aromatic carbocycles. The first-order chi connectivity index (χ1) is 14.3. The van der Waals surface area contributed by atoms with Crippen molar-refractivity contribution >= 4 is 32.8 Å². The van der Waals surface area contributed by atoms with Crippen molar-refractivity contribution in [3.05, 3.63) is 76.2 Å². The van der Waals surface area contributed by atoms with Gasteiger partial charge in [0.05, 0.1) is 17.2 Å². The molecule has 0 saturated carbocycles. The summed E-state index contributed by atoms with van der Waals surface area (Å²) in [7, 11) is -3.56. The van der Waals surface area contributed by atoms with Crippen molar-refractivity contribution in [1.82, 2.24) is 4.98 Å². The lowest BCUT2D eigenvalue weighted by Crippen LogP contribution is -2.18. The Morgan fingerprint density at radius 2 is 1.87 bits per heavy atom. The highest BCUT2D eigenvalue weighted by Crippen LogP contribution is 2.18. The average Bonchev–Trinajstić information content (AvgIpc) is 3.13. The van der Waals surface area contributed by atoms with Gasteiger partial charge < -0.3 is 10.1 Å². The summed E-state index contributed by atoms with van der Waals surface area (Å²) in [5.74, 6) is -1.56. The lowest BCUT2D eigenvalue weighted by atomic mass is 10.3. The van der Waals surface area contributed by atoms with Crippen molar-refractivity contribution in [2.24, 2.45) is 0 Å². The number of hydrogen-bond donors (Lipinski definition) is 1. The van der Waals surface area contributed by atoms with Gasteiger partial charge in [-0.1, -0.05) is 6.07 Å². The molecule has 0 radical (unpaired) electrons. The molecule has 0 aliphatic heterocycles. The predicted octanol–water partition coefficient (Wildman–Crippen LogP) is 3.94. The molecule has 1 N–H and O–H groups in total. The van der Waals surface area contributed by atoms with E-state index < -0.39 is 21.6 Å². The summed E-state index contributed by atoms with van der Waals surface area (Å²) < 4.78 is 56.1. The van der Waals surface area contributed by atoms with Crippen molar-refractivity contribution < 1.29 is 26.7 Å². The molecule has 0 spiro atoms. The third kappa shape index (κ3) is 6.89. The standard InChI is InChI=1S/C20H18F2N2O4S2/c21-14-4-6-18(7-5-14)28-11-20-24-17(12-29-20)13-30(26,27)9-8-19(25)23-16-3-1-2-15(22)10-16/h1-7,10,12H,8-9,11,13H2,(H,23,25). The van der Waals surface area contributed by atoms with E-state index in [-0.39, 0.29) is 36.0 Å². The van der Waals surface area contributed by atoms with Gasteiger partial charge in [-0.25, -0.2) is 22.2 Å². The molecule has 0 aliphatic rings. The SMILES string of the molecule is O=C(CCS(=O)(=O)Cc1csc(COc2ccc(F)cc2)n1)Nc1cccc(F)c1. The quantitative estimate of drug-likeness (QED) is 0.532. The Labute approximate surface area is 176 Å². The topological polar surface area (TPSA) is 85.4 Å². The predicted molar refractivity (Wildman–Crippen MR) is 110 cm³/mol. The first-order valence-electron chi connectivity index (χ1n) is 8.86. The summed E-state index contributed by atoms with van der Waals surface area (Å²) in [4.78, 5) is 16.1. The van der Waals surface area contributed by atoms with E-state index in [2.05, 4.69) is 10.3 Å². The second-order valence-corrected chi connectivity index (χ2v) is 9.50. The van der Waals surface area contributed by atoms with Crippen LogP contribution in [0.2, 0.25) is 0 Å². The number of anilines is 1. The maximum absolute atomic E-state index is 13.1. The fraction of sp³-hybridized carbons (Fsp3) is 0.200. The molecule has 1 heterocycles. The van der Waals surface area contributed by atoms with E-state index in [4.69, 9.17) is 4.74 Å². The molecule has 30 heavy (non-hydrogen) atoms. The Hall–Kier alpha value is -2.85. The first kappa shape index (κ1) is 21.8. The van der Waals surface area contributed by atoms with Gasteiger partial charge in [-0.05, 0) is 42.5 Å². The second-order valence-electron chi connectivity index (χ2n) is 6.38. The van der Waals surface area contributed by atoms with Gasteiger partial charge >= 0.3 is 0 Å². The smallest absolute Gasteiger partial charge is 0.225 e. The summed E-state index contributed by atoms with van der Waals surface area (Å²) in [5, 5.41) is 4.66. The van der Waals surface area contributed by atoms with E-state index in [1.807, 2.05) is 0 Å². The highest BCUT2D eigenvalue weighted by atomic mass is 32.2. The largest absolute Gasteiger partial charge is 0.486 e. The molecule has 158 valence electrons. The van der Waals surface area contributed by atoms with Crippen molar-refractivity contribution in [3.8, 4) is 5.75 Å². The van der Waals surface area contributed by atoms with E-state index in [0.29, 0.717) is 16.5 Å². The molecule has 10 heteroatoms. The Kier molecular flexibility index (Phi) is 7.11. The van der Waals surface area contributed by atoms with Gasteiger partial charge in [-0.2, -0.15) is 0 Å². The molecule has 1 aromatic heterocycles. The molecule has 0 bridgehead atoms. The first-order valence-corrected chi connectivity index (χ1v) is 11.6. The number of benzene rings is 2. The van der Waals surface area contributed by atoms with E-state index in [0.717, 1.165) is 6.07 Å². The Bertz CT molecular complexity index is 1120.